The number of hydrogen-bond acceptors (Lipinski definition) is 7. The van der Waals surface area contributed by atoms with Crippen LogP contribution in [0.1, 0.15) is 49.4 Å². The molecule has 0 radical (unpaired) electrons. The van der Waals surface area contributed by atoms with E-state index < -0.39 is 20.7 Å². The number of sulfonamides is 1. The van der Waals surface area contributed by atoms with Gasteiger partial charge in [-0.25, -0.2) is 8.42 Å². The number of piperazine rings is 1. The SMILES string of the molecule is CCCCC(=O)c1ccc(N2CCN(S(=O)(=O)C3(C(N)=O)CCN(CCOC)CC3)CC2)cc1. The second-order valence-electron chi connectivity index (χ2n) is 9.16. The molecule has 9 nitrogen and oxygen atoms in total. The van der Waals surface area contributed by atoms with Crippen molar-refractivity contribution in [3.05, 3.63) is 29.8 Å². The van der Waals surface area contributed by atoms with Gasteiger partial charge in [-0.05, 0) is 43.5 Å². The van der Waals surface area contributed by atoms with Crippen molar-refractivity contribution in [3.63, 3.8) is 0 Å². The molecule has 1 aromatic rings. The maximum Gasteiger partial charge on any atom is 0.240 e. The number of Topliss-reactive ketones (excluding diaryl/α,β-unsaturated/α-hetero) is 1. The summed E-state index contributed by atoms with van der Waals surface area (Å²) in [4.78, 5) is 28.9. The molecule has 3 rings (SSSR count). The summed E-state index contributed by atoms with van der Waals surface area (Å²) in [7, 11) is -2.26. The summed E-state index contributed by atoms with van der Waals surface area (Å²) in [5.74, 6) is -0.612. The van der Waals surface area contributed by atoms with Crippen LogP contribution >= 0.6 is 0 Å². The quantitative estimate of drug-likeness (QED) is 0.464. The van der Waals surface area contributed by atoms with E-state index >= 15 is 0 Å². The molecule has 0 saturated carbocycles. The smallest absolute Gasteiger partial charge is 0.240 e. The molecule has 2 aliphatic heterocycles. The molecule has 0 unspecified atom stereocenters. The van der Waals surface area contributed by atoms with Crippen LogP contribution in [0.2, 0.25) is 0 Å². The van der Waals surface area contributed by atoms with Crippen molar-refractivity contribution in [1.82, 2.24) is 9.21 Å². The van der Waals surface area contributed by atoms with Crippen molar-refractivity contribution in [3.8, 4) is 0 Å². The van der Waals surface area contributed by atoms with Crippen molar-refractivity contribution < 1.29 is 22.7 Å². The van der Waals surface area contributed by atoms with Gasteiger partial charge in [0.25, 0.3) is 0 Å². The number of piperidine rings is 1. The molecule has 2 heterocycles. The molecule has 1 amide bonds. The predicted molar refractivity (Wildman–Crippen MR) is 132 cm³/mol. The number of ether oxygens (including phenoxy) is 1. The molecule has 2 fully saturated rings. The zero-order chi connectivity index (χ0) is 24.8. The predicted octanol–water partition coefficient (Wildman–Crippen LogP) is 1.48. The minimum atomic E-state index is -3.89. The van der Waals surface area contributed by atoms with E-state index in [1.54, 1.807) is 7.11 Å². The normalized spacial score (nSPS) is 19.8. The molecule has 34 heavy (non-hydrogen) atoms. The van der Waals surface area contributed by atoms with Gasteiger partial charge >= 0.3 is 0 Å². The summed E-state index contributed by atoms with van der Waals surface area (Å²) in [6, 6.07) is 7.53. The Labute approximate surface area is 203 Å². The molecule has 10 heteroatoms. The van der Waals surface area contributed by atoms with E-state index in [1.807, 2.05) is 24.3 Å². The van der Waals surface area contributed by atoms with Crippen LogP contribution in [-0.2, 0) is 19.6 Å². The van der Waals surface area contributed by atoms with Gasteiger partial charge in [-0.15, -0.1) is 0 Å². The summed E-state index contributed by atoms with van der Waals surface area (Å²) < 4.78 is 32.2. The average Bonchev–Trinajstić information content (AvgIpc) is 2.86. The second kappa shape index (κ2) is 11.6. The first kappa shape index (κ1) is 26.6. The Bertz CT molecular complexity index is 935. The molecule has 0 spiro atoms. The molecule has 0 bridgehead atoms. The van der Waals surface area contributed by atoms with E-state index in [4.69, 9.17) is 10.5 Å². The fraction of sp³-hybridized carbons (Fsp3) is 0.667. The first-order valence-electron chi connectivity index (χ1n) is 12.1. The Morgan fingerprint density at radius 2 is 1.65 bits per heavy atom. The fourth-order valence-corrected chi connectivity index (χ4v) is 6.85. The van der Waals surface area contributed by atoms with Gasteiger partial charge in [0.15, 0.2) is 10.5 Å². The Hall–Kier alpha value is -2.01. The van der Waals surface area contributed by atoms with Gasteiger partial charge in [0.2, 0.25) is 15.9 Å². The number of primary amides is 1. The fourth-order valence-electron chi connectivity index (χ4n) is 4.76. The highest BCUT2D eigenvalue weighted by Gasteiger charge is 2.53. The zero-order valence-electron chi connectivity index (χ0n) is 20.4. The molecule has 2 saturated heterocycles. The number of hydrogen-bond donors (Lipinski definition) is 1. The van der Waals surface area contributed by atoms with Crippen LogP contribution in [0.3, 0.4) is 0 Å². The summed E-state index contributed by atoms with van der Waals surface area (Å²) in [5.41, 5.74) is 7.37. The van der Waals surface area contributed by atoms with Crippen molar-refractivity contribution in [1.29, 1.82) is 0 Å². The highest BCUT2D eigenvalue weighted by Crippen LogP contribution is 2.34. The number of likely N-dealkylation sites (tertiary alicyclic amines) is 1. The third kappa shape index (κ3) is 5.62. The Balaban J connectivity index is 1.63. The lowest BCUT2D eigenvalue weighted by Crippen LogP contribution is -2.63. The molecule has 2 N–H and O–H groups in total. The number of nitrogens with two attached hydrogens (primary N) is 1. The summed E-state index contributed by atoms with van der Waals surface area (Å²) >= 11 is 0. The van der Waals surface area contributed by atoms with Crippen LogP contribution in [0.5, 0.6) is 0 Å². The van der Waals surface area contributed by atoms with Crippen molar-refractivity contribution >= 4 is 27.4 Å². The zero-order valence-corrected chi connectivity index (χ0v) is 21.2. The lowest BCUT2D eigenvalue weighted by atomic mass is 9.95. The van der Waals surface area contributed by atoms with Gasteiger partial charge in [-0.2, -0.15) is 4.31 Å². The standard InChI is InChI=1S/C24H38N4O5S/c1-3-4-5-22(29)20-6-8-21(9-7-20)27-14-16-28(17-15-27)34(31,32)24(23(25)30)10-12-26(13-11-24)18-19-33-2/h6-9H,3-5,10-19H2,1-2H3,(H2,25,30). The third-order valence-corrected chi connectivity index (χ3v) is 9.75. The van der Waals surface area contributed by atoms with Gasteiger partial charge in [0.1, 0.15) is 0 Å². The highest BCUT2D eigenvalue weighted by atomic mass is 32.2. The van der Waals surface area contributed by atoms with Gasteiger partial charge in [0, 0.05) is 70.6 Å². The van der Waals surface area contributed by atoms with Crippen LogP contribution in [0.4, 0.5) is 5.69 Å². The van der Waals surface area contributed by atoms with Crippen molar-refractivity contribution in [2.24, 2.45) is 5.73 Å². The van der Waals surface area contributed by atoms with Gasteiger partial charge in [-0.3, -0.25) is 9.59 Å². The van der Waals surface area contributed by atoms with E-state index in [0.29, 0.717) is 64.4 Å². The first-order valence-corrected chi connectivity index (χ1v) is 13.6. The maximum absolute atomic E-state index is 13.6. The van der Waals surface area contributed by atoms with Crippen LogP contribution in [-0.4, -0.2) is 93.6 Å². The number of anilines is 1. The number of rotatable bonds is 11. The third-order valence-electron chi connectivity index (χ3n) is 7.11. The Morgan fingerprint density at radius 3 is 2.18 bits per heavy atom. The minimum absolute atomic E-state index is 0.148. The number of carbonyl (C=O) groups is 2. The van der Waals surface area contributed by atoms with Crippen LogP contribution in [0.15, 0.2) is 24.3 Å². The lowest BCUT2D eigenvalue weighted by Gasteiger charge is -2.43. The molecule has 2 aliphatic rings. The highest BCUT2D eigenvalue weighted by molar-refractivity contribution is 7.91. The topological polar surface area (TPSA) is 113 Å². The molecular weight excluding hydrogens is 456 g/mol. The second-order valence-corrected chi connectivity index (χ2v) is 11.4. The monoisotopic (exact) mass is 494 g/mol. The first-order chi connectivity index (χ1) is 16.2. The number of amides is 1. The van der Waals surface area contributed by atoms with E-state index in [0.717, 1.165) is 18.5 Å². The number of nitrogens with zero attached hydrogens (tertiary/aromatic N) is 3. The van der Waals surface area contributed by atoms with Crippen LogP contribution in [0, 0.1) is 0 Å². The summed E-state index contributed by atoms with van der Waals surface area (Å²) in [5, 5.41) is 0. The lowest BCUT2D eigenvalue weighted by molar-refractivity contribution is -0.121. The largest absolute Gasteiger partial charge is 0.383 e. The summed E-state index contributed by atoms with van der Waals surface area (Å²) in [6.45, 7) is 5.93. The number of unbranched alkanes of at least 4 members (excludes halogenated alkanes) is 1. The number of benzene rings is 1. The van der Waals surface area contributed by atoms with E-state index in [9.17, 15) is 18.0 Å². The van der Waals surface area contributed by atoms with Gasteiger partial charge in [-0.1, -0.05) is 13.3 Å². The number of carbonyl (C=O) groups excluding carboxylic acids is 2. The maximum atomic E-state index is 13.6. The molecule has 190 valence electrons. The average molecular weight is 495 g/mol. The molecule has 0 aromatic heterocycles. The van der Waals surface area contributed by atoms with E-state index in [2.05, 4.69) is 16.7 Å². The molecule has 0 aliphatic carbocycles. The van der Waals surface area contributed by atoms with Crippen molar-refractivity contribution in [2.45, 2.75) is 43.8 Å². The number of methoxy groups -OCH3 is 1. The Kier molecular flexibility index (Phi) is 9.08. The molecular formula is C24H38N4O5S. The van der Waals surface area contributed by atoms with Gasteiger partial charge in [0.05, 0.1) is 6.61 Å². The van der Waals surface area contributed by atoms with E-state index in [1.165, 1.54) is 4.31 Å². The van der Waals surface area contributed by atoms with E-state index in [-0.39, 0.29) is 18.6 Å². The summed E-state index contributed by atoms with van der Waals surface area (Å²) in [6.07, 6.45) is 2.82. The van der Waals surface area contributed by atoms with Crippen LogP contribution < -0.4 is 10.6 Å². The molecule has 1 aromatic carbocycles. The van der Waals surface area contributed by atoms with Crippen molar-refractivity contribution in [2.75, 3.05) is 64.4 Å². The van der Waals surface area contributed by atoms with Crippen LogP contribution in [0.25, 0.3) is 0 Å². The minimum Gasteiger partial charge on any atom is -0.383 e. The number of ketones is 1. The van der Waals surface area contributed by atoms with Gasteiger partial charge < -0.3 is 20.3 Å². The Morgan fingerprint density at radius 1 is 1.03 bits per heavy atom. The molecule has 0 atom stereocenters.